The third kappa shape index (κ3) is 5.58. The number of benzene rings is 1. The molecular formula is C13H22N2O2P+. The van der Waals surface area contributed by atoms with E-state index in [0.717, 1.165) is 19.6 Å². The Hall–Kier alpha value is -0.960. The average molecular weight is 269 g/mol. The van der Waals surface area contributed by atoms with Gasteiger partial charge in [0.25, 0.3) is 0 Å². The summed E-state index contributed by atoms with van der Waals surface area (Å²) >= 11 is 0. The van der Waals surface area contributed by atoms with Gasteiger partial charge >= 0.3 is 8.03 Å². The highest BCUT2D eigenvalue weighted by Crippen LogP contribution is 2.14. The van der Waals surface area contributed by atoms with Crippen LogP contribution >= 0.6 is 8.03 Å². The summed E-state index contributed by atoms with van der Waals surface area (Å²) in [5, 5.41) is 3.26. The molecule has 2 atom stereocenters. The number of nitrogens with zero attached hydrogens (tertiary/aromatic N) is 1. The standard InChI is InChI=1S/C13H21N2O2P/c1-3-15(13-7-5-4-6-8-13)10-9-14-12(2)11-18(16)17/h4-8,12,14H,3,9-11H2,1-2H3/p+1. The molecule has 0 aromatic heterocycles. The molecule has 100 valence electrons. The van der Waals surface area contributed by atoms with Crippen LogP contribution in [0, 0.1) is 0 Å². The summed E-state index contributed by atoms with van der Waals surface area (Å²) in [6.07, 6.45) is 0.312. The molecular weight excluding hydrogens is 247 g/mol. The van der Waals surface area contributed by atoms with E-state index in [0.29, 0.717) is 6.16 Å². The van der Waals surface area contributed by atoms with Crippen LogP contribution < -0.4 is 10.2 Å². The lowest BCUT2D eigenvalue weighted by Crippen LogP contribution is -2.37. The van der Waals surface area contributed by atoms with Crippen LogP contribution in [0.2, 0.25) is 0 Å². The third-order valence-electron chi connectivity index (χ3n) is 2.81. The van der Waals surface area contributed by atoms with Crippen molar-refractivity contribution in [2.75, 3.05) is 30.7 Å². The molecule has 2 unspecified atom stereocenters. The predicted molar refractivity (Wildman–Crippen MR) is 76.5 cm³/mol. The van der Waals surface area contributed by atoms with Crippen LogP contribution in [0.3, 0.4) is 0 Å². The van der Waals surface area contributed by atoms with Gasteiger partial charge in [-0.1, -0.05) is 18.2 Å². The highest BCUT2D eigenvalue weighted by molar-refractivity contribution is 7.38. The predicted octanol–water partition coefficient (Wildman–Crippen LogP) is 2.23. The molecule has 18 heavy (non-hydrogen) atoms. The van der Waals surface area contributed by atoms with E-state index in [1.54, 1.807) is 0 Å². The van der Waals surface area contributed by atoms with Crippen molar-refractivity contribution < 1.29 is 9.46 Å². The van der Waals surface area contributed by atoms with Crippen molar-refractivity contribution in [3.63, 3.8) is 0 Å². The highest BCUT2D eigenvalue weighted by atomic mass is 31.1. The zero-order valence-electron chi connectivity index (χ0n) is 11.0. The molecule has 1 rings (SSSR count). The van der Waals surface area contributed by atoms with E-state index in [-0.39, 0.29) is 6.04 Å². The fourth-order valence-corrected chi connectivity index (χ4v) is 2.45. The van der Waals surface area contributed by atoms with Gasteiger partial charge in [0.15, 0.2) is 6.16 Å². The monoisotopic (exact) mass is 269 g/mol. The van der Waals surface area contributed by atoms with Gasteiger partial charge in [-0.05, 0) is 30.5 Å². The minimum atomic E-state index is -2.05. The van der Waals surface area contributed by atoms with Gasteiger partial charge in [0, 0.05) is 25.3 Å². The van der Waals surface area contributed by atoms with Crippen molar-refractivity contribution in [3.05, 3.63) is 30.3 Å². The minimum Gasteiger partial charge on any atom is -0.371 e. The van der Waals surface area contributed by atoms with Gasteiger partial charge in [-0.2, -0.15) is 4.89 Å². The number of rotatable bonds is 8. The summed E-state index contributed by atoms with van der Waals surface area (Å²) in [7, 11) is -2.05. The molecule has 0 heterocycles. The molecule has 0 bridgehead atoms. The lowest BCUT2D eigenvalue weighted by Gasteiger charge is -2.23. The zero-order chi connectivity index (χ0) is 13.4. The van der Waals surface area contributed by atoms with Crippen LogP contribution in [0.5, 0.6) is 0 Å². The summed E-state index contributed by atoms with van der Waals surface area (Å²) in [4.78, 5) is 11.1. The maximum atomic E-state index is 10.7. The minimum absolute atomic E-state index is 0.0769. The molecule has 0 fully saturated rings. The van der Waals surface area contributed by atoms with Crippen molar-refractivity contribution in [3.8, 4) is 0 Å². The molecule has 1 aromatic rings. The normalized spacial score (nSPS) is 13.2. The van der Waals surface area contributed by atoms with Gasteiger partial charge in [0.2, 0.25) is 0 Å². The lowest BCUT2D eigenvalue weighted by atomic mass is 10.3. The summed E-state index contributed by atoms with van der Waals surface area (Å²) in [6.45, 7) is 6.72. The first-order valence-corrected chi connectivity index (χ1v) is 7.70. The Morgan fingerprint density at radius 2 is 2.06 bits per heavy atom. The summed E-state index contributed by atoms with van der Waals surface area (Å²) < 4.78 is 10.7. The Kier molecular flexibility index (Phi) is 6.88. The largest absolute Gasteiger partial charge is 0.507 e. The molecule has 0 saturated heterocycles. The second kappa shape index (κ2) is 8.20. The molecule has 2 N–H and O–H groups in total. The molecule has 4 nitrogen and oxygen atoms in total. The van der Waals surface area contributed by atoms with Gasteiger partial charge < -0.3 is 10.2 Å². The Labute approximate surface area is 110 Å². The first-order valence-electron chi connectivity index (χ1n) is 6.30. The highest BCUT2D eigenvalue weighted by Gasteiger charge is 2.16. The van der Waals surface area contributed by atoms with Crippen LogP contribution in [0.15, 0.2) is 30.3 Å². The molecule has 0 aliphatic heterocycles. The van der Waals surface area contributed by atoms with E-state index >= 15 is 0 Å². The number of anilines is 1. The first kappa shape index (κ1) is 15.1. The van der Waals surface area contributed by atoms with Gasteiger partial charge in [0.05, 0.1) is 6.04 Å². The van der Waals surface area contributed by atoms with E-state index in [9.17, 15) is 4.57 Å². The van der Waals surface area contributed by atoms with E-state index in [2.05, 4.69) is 29.3 Å². The molecule has 0 aliphatic carbocycles. The first-order chi connectivity index (χ1) is 8.63. The number of hydrogen-bond acceptors (Lipinski definition) is 3. The van der Waals surface area contributed by atoms with Crippen LogP contribution in [-0.2, 0) is 4.57 Å². The van der Waals surface area contributed by atoms with Crippen LogP contribution in [0.4, 0.5) is 5.69 Å². The number of likely N-dealkylation sites (N-methyl/N-ethyl adjacent to an activating group) is 1. The molecule has 0 spiro atoms. The number of hydrogen-bond donors (Lipinski definition) is 2. The van der Waals surface area contributed by atoms with Crippen LogP contribution in [-0.4, -0.2) is 36.7 Å². The molecule has 0 aliphatic rings. The Morgan fingerprint density at radius 1 is 1.39 bits per heavy atom. The van der Waals surface area contributed by atoms with E-state index in [1.165, 1.54) is 5.69 Å². The Morgan fingerprint density at radius 3 is 2.61 bits per heavy atom. The van der Waals surface area contributed by atoms with Gasteiger partial charge in [-0.15, -0.1) is 0 Å². The topological polar surface area (TPSA) is 52.6 Å². The third-order valence-corrected chi connectivity index (χ3v) is 3.67. The smallest absolute Gasteiger partial charge is 0.371 e. The number of nitrogens with one attached hydrogen (secondary N) is 1. The summed E-state index contributed by atoms with van der Waals surface area (Å²) in [5.41, 5.74) is 1.21. The molecule has 5 heteroatoms. The molecule has 0 saturated carbocycles. The molecule has 0 radical (unpaired) electrons. The van der Waals surface area contributed by atoms with E-state index in [4.69, 9.17) is 4.89 Å². The fraction of sp³-hybridized carbons (Fsp3) is 0.538. The van der Waals surface area contributed by atoms with Crippen molar-refractivity contribution in [2.24, 2.45) is 0 Å². The number of para-hydroxylation sites is 1. The summed E-state index contributed by atoms with van der Waals surface area (Å²) in [5.74, 6) is 0. The van der Waals surface area contributed by atoms with E-state index < -0.39 is 8.03 Å². The van der Waals surface area contributed by atoms with E-state index in [1.807, 2.05) is 25.1 Å². The summed E-state index contributed by atoms with van der Waals surface area (Å²) in [6, 6.07) is 10.3. The SMILES string of the molecule is CCN(CCNC(C)C[P+](=O)O)c1ccccc1. The van der Waals surface area contributed by atoms with Crippen LogP contribution in [0.25, 0.3) is 0 Å². The van der Waals surface area contributed by atoms with Crippen molar-refractivity contribution in [2.45, 2.75) is 19.9 Å². The zero-order valence-corrected chi connectivity index (χ0v) is 11.9. The fourth-order valence-electron chi connectivity index (χ4n) is 1.85. The van der Waals surface area contributed by atoms with Gasteiger partial charge in [-0.3, -0.25) is 0 Å². The quantitative estimate of drug-likeness (QED) is 0.711. The molecule has 0 amide bonds. The second-order valence-electron chi connectivity index (χ2n) is 4.31. The maximum absolute atomic E-state index is 10.7. The van der Waals surface area contributed by atoms with Crippen molar-refractivity contribution >= 4 is 13.7 Å². The average Bonchev–Trinajstić information content (AvgIpc) is 2.35. The van der Waals surface area contributed by atoms with Gasteiger partial charge in [0.1, 0.15) is 0 Å². The molecule has 1 aromatic carbocycles. The van der Waals surface area contributed by atoms with Gasteiger partial charge in [-0.25, -0.2) is 0 Å². The second-order valence-corrected chi connectivity index (χ2v) is 5.37. The lowest BCUT2D eigenvalue weighted by molar-refractivity contribution is 0.488. The maximum Gasteiger partial charge on any atom is 0.507 e. The van der Waals surface area contributed by atoms with Crippen molar-refractivity contribution in [1.29, 1.82) is 0 Å². The van der Waals surface area contributed by atoms with Crippen LogP contribution in [0.1, 0.15) is 13.8 Å². The van der Waals surface area contributed by atoms with Crippen molar-refractivity contribution in [1.82, 2.24) is 5.32 Å². The Balaban J connectivity index is 2.35. The Bertz CT molecular complexity index is 359.